The van der Waals surface area contributed by atoms with Gasteiger partial charge in [-0.25, -0.2) is 0 Å². The second kappa shape index (κ2) is 4.58. The lowest BCUT2D eigenvalue weighted by atomic mass is 9.77. The molecule has 2 aliphatic rings. The summed E-state index contributed by atoms with van der Waals surface area (Å²) >= 11 is 0. The van der Waals surface area contributed by atoms with Crippen molar-refractivity contribution in [3.63, 3.8) is 0 Å². The Kier molecular flexibility index (Phi) is 3.46. The van der Waals surface area contributed by atoms with Gasteiger partial charge in [-0.1, -0.05) is 13.8 Å². The maximum absolute atomic E-state index is 12.3. The topological polar surface area (TPSA) is 50.4 Å². The van der Waals surface area contributed by atoms with Gasteiger partial charge < -0.3 is 15.4 Å². The summed E-state index contributed by atoms with van der Waals surface area (Å²) in [4.78, 5) is 12.3. The molecule has 0 aromatic rings. The minimum atomic E-state index is -0.174. The van der Waals surface area contributed by atoms with Crippen LogP contribution in [0.4, 0.5) is 0 Å². The van der Waals surface area contributed by atoms with Crippen LogP contribution in [0.15, 0.2) is 0 Å². The summed E-state index contributed by atoms with van der Waals surface area (Å²) in [5, 5.41) is 6.50. The van der Waals surface area contributed by atoms with Gasteiger partial charge in [0.15, 0.2) is 0 Å². The minimum Gasteiger partial charge on any atom is -0.379 e. The quantitative estimate of drug-likeness (QED) is 0.759. The van der Waals surface area contributed by atoms with E-state index in [1.54, 1.807) is 0 Å². The van der Waals surface area contributed by atoms with Gasteiger partial charge in [0, 0.05) is 6.61 Å². The van der Waals surface area contributed by atoms with Crippen LogP contribution in [0.3, 0.4) is 0 Å². The molecule has 0 radical (unpaired) electrons. The van der Waals surface area contributed by atoms with Crippen molar-refractivity contribution in [3.8, 4) is 0 Å². The fraction of sp³-hybridized carbons (Fsp3) is 0.923. The average molecular weight is 240 g/mol. The average Bonchev–Trinajstić information content (AvgIpc) is 2.63. The zero-order valence-electron chi connectivity index (χ0n) is 11.1. The summed E-state index contributed by atoms with van der Waals surface area (Å²) in [6.07, 6.45) is 3.16. The van der Waals surface area contributed by atoms with Crippen LogP contribution in [0, 0.1) is 5.41 Å². The molecule has 98 valence electrons. The van der Waals surface area contributed by atoms with E-state index < -0.39 is 0 Å². The van der Waals surface area contributed by atoms with Crippen molar-refractivity contribution < 1.29 is 9.53 Å². The molecule has 0 aromatic heterocycles. The summed E-state index contributed by atoms with van der Waals surface area (Å²) in [5.41, 5.74) is -0.134. The fourth-order valence-electron chi connectivity index (χ4n) is 2.79. The van der Waals surface area contributed by atoms with E-state index in [-0.39, 0.29) is 22.9 Å². The molecule has 2 rings (SSSR count). The van der Waals surface area contributed by atoms with Gasteiger partial charge in [-0.05, 0) is 38.1 Å². The minimum absolute atomic E-state index is 0.0398. The first-order chi connectivity index (χ1) is 7.93. The Labute approximate surface area is 103 Å². The molecule has 0 aromatic carbocycles. The predicted octanol–water partition coefficient (Wildman–Crippen LogP) is 1.06. The standard InChI is InChI=1S/C13H24N2O2/c1-12(2)5-4-7-14-10(12)11(16)15-13(3)6-8-17-9-13/h10,14H,4-9H2,1-3H3,(H,15,16). The smallest absolute Gasteiger partial charge is 0.238 e. The highest BCUT2D eigenvalue weighted by Crippen LogP contribution is 2.30. The number of hydrogen-bond donors (Lipinski definition) is 2. The van der Waals surface area contributed by atoms with Crippen molar-refractivity contribution >= 4 is 5.91 Å². The fourth-order valence-corrected chi connectivity index (χ4v) is 2.79. The molecule has 0 bridgehead atoms. The van der Waals surface area contributed by atoms with Crippen LogP contribution >= 0.6 is 0 Å². The summed E-state index contributed by atoms with van der Waals surface area (Å²) in [6.45, 7) is 8.71. The van der Waals surface area contributed by atoms with Crippen molar-refractivity contribution in [2.75, 3.05) is 19.8 Å². The lowest BCUT2D eigenvalue weighted by molar-refractivity contribution is -0.128. The van der Waals surface area contributed by atoms with E-state index in [1.165, 1.54) is 0 Å². The van der Waals surface area contributed by atoms with Crippen molar-refractivity contribution in [1.29, 1.82) is 0 Å². The zero-order valence-corrected chi connectivity index (χ0v) is 11.1. The van der Waals surface area contributed by atoms with E-state index in [2.05, 4.69) is 31.4 Å². The highest BCUT2D eigenvalue weighted by Gasteiger charge is 2.40. The van der Waals surface area contributed by atoms with Gasteiger partial charge in [0.05, 0.1) is 18.2 Å². The molecular weight excluding hydrogens is 216 g/mol. The maximum Gasteiger partial charge on any atom is 0.238 e. The molecule has 4 heteroatoms. The molecule has 17 heavy (non-hydrogen) atoms. The monoisotopic (exact) mass is 240 g/mol. The number of piperidine rings is 1. The van der Waals surface area contributed by atoms with Crippen LogP contribution in [0.2, 0.25) is 0 Å². The summed E-state index contributed by atoms with van der Waals surface area (Å²) < 4.78 is 5.37. The number of carbonyl (C=O) groups excluding carboxylic acids is 1. The third-order valence-corrected chi connectivity index (χ3v) is 4.03. The lowest BCUT2D eigenvalue weighted by Crippen LogP contribution is -2.60. The van der Waals surface area contributed by atoms with Crippen LogP contribution in [0.25, 0.3) is 0 Å². The Bertz CT molecular complexity index is 296. The van der Waals surface area contributed by atoms with Gasteiger partial charge in [-0.3, -0.25) is 4.79 Å². The second-order valence-electron chi connectivity index (χ2n) is 6.33. The molecule has 2 unspecified atom stereocenters. The molecule has 0 spiro atoms. The molecular formula is C13H24N2O2. The summed E-state index contributed by atoms with van der Waals surface area (Å²) in [6, 6.07) is -0.0753. The third kappa shape index (κ3) is 2.80. The summed E-state index contributed by atoms with van der Waals surface area (Å²) in [7, 11) is 0. The number of ether oxygens (including phenoxy) is 1. The number of rotatable bonds is 2. The Hall–Kier alpha value is -0.610. The van der Waals surface area contributed by atoms with Crippen molar-refractivity contribution in [1.82, 2.24) is 10.6 Å². The molecule has 2 fully saturated rings. The lowest BCUT2D eigenvalue weighted by Gasteiger charge is -2.39. The normalized spacial score (nSPS) is 36.8. The van der Waals surface area contributed by atoms with Crippen LogP contribution in [-0.4, -0.2) is 37.2 Å². The zero-order chi connectivity index (χ0) is 12.5. The van der Waals surface area contributed by atoms with E-state index in [0.717, 1.165) is 32.4 Å². The van der Waals surface area contributed by atoms with Gasteiger partial charge in [-0.15, -0.1) is 0 Å². The summed E-state index contributed by atoms with van der Waals surface area (Å²) in [5.74, 6) is 0.128. The molecule has 2 heterocycles. The van der Waals surface area contributed by atoms with Crippen LogP contribution in [0.1, 0.15) is 40.0 Å². The van der Waals surface area contributed by atoms with Gasteiger partial charge in [0.1, 0.15) is 0 Å². The first kappa shape index (κ1) is 12.8. The van der Waals surface area contributed by atoms with Crippen LogP contribution in [-0.2, 0) is 9.53 Å². The Balaban J connectivity index is 1.99. The van der Waals surface area contributed by atoms with Crippen molar-refractivity contribution in [2.24, 2.45) is 5.41 Å². The SMILES string of the molecule is CC1(NC(=O)C2NCCCC2(C)C)CCOC1. The molecule has 2 atom stereocenters. The van der Waals surface area contributed by atoms with Gasteiger partial charge in [0.2, 0.25) is 5.91 Å². The van der Waals surface area contributed by atoms with E-state index in [0.29, 0.717) is 6.61 Å². The van der Waals surface area contributed by atoms with Crippen molar-refractivity contribution in [3.05, 3.63) is 0 Å². The van der Waals surface area contributed by atoms with E-state index in [4.69, 9.17) is 4.74 Å². The van der Waals surface area contributed by atoms with Gasteiger partial charge in [0.25, 0.3) is 0 Å². The van der Waals surface area contributed by atoms with E-state index in [9.17, 15) is 4.79 Å². The molecule has 0 aliphatic carbocycles. The molecule has 2 N–H and O–H groups in total. The molecule has 2 saturated heterocycles. The van der Waals surface area contributed by atoms with Gasteiger partial charge in [-0.2, -0.15) is 0 Å². The van der Waals surface area contributed by atoms with Crippen LogP contribution < -0.4 is 10.6 Å². The van der Waals surface area contributed by atoms with E-state index >= 15 is 0 Å². The molecule has 0 saturated carbocycles. The first-order valence-corrected chi connectivity index (χ1v) is 6.56. The number of carbonyl (C=O) groups is 1. The predicted molar refractivity (Wildman–Crippen MR) is 66.8 cm³/mol. The Morgan fingerprint density at radius 1 is 1.35 bits per heavy atom. The second-order valence-corrected chi connectivity index (χ2v) is 6.33. The Morgan fingerprint density at radius 3 is 2.71 bits per heavy atom. The molecule has 4 nitrogen and oxygen atoms in total. The first-order valence-electron chi connectivity index (χ1n) is 6.56. The Morgan fingerprint density at radius 2 is 2.12 bits per heavy atom. The third-order valence-electron chi connectivity index (χ3n) is 4.03. The maximum atomic E-state index is 12.3. The van der Waals surface area contributed by atoms with Crippen molar-refractivity contribution in [2.45, 2.75) is 51.6 Å². The largest absolute Gasteiger partial charge is 0.379 e. The van der Waals surface area contributed by atoms with Gasteiger partial charge >= 0.3 is 0 Å². The molecule has 2 aliphatic heterocycles. The van der Waals surface area contributed by atoms with Crippen LogP contribution in [0.5, 0.6) is 0 Å². The highest BCUT2D eigenvalue weighted by molar-refractivity contribution is 5.83. The van der Waals surface area contributed by atoms with E-state index in [1.807, 2.05) is 0 Å². The molecule has 1 amide bonds. The number of hydrogen-bond acceptors (Lipinski definition) is 3. The highest BCUT2D eigenvalue weighted by atomic mass is 16.5. The number of nitrogens with one attached hydrogen (secondary N) is 2. The number of amides is 1.